The van der Waals surface area contributed by atoms with E-state index >= 15 is 0 Å². The summed E-state index contributed by atoms with van der Waals surface area (Å²) in [6, 6.07) is 3.32. The van der Waals surface area contributed by atoms with Crippen LogP contribution in [0, 0.1) is 5.82 Å². The second-order valence-electron chi connectivity index (χ2n) is 4.22. The maximum atomic E-state index is 13.6. The van der Waals surface area contributed by atoms with Gasteiger partial charge in [-0.25, -0.2) is 4.39 Å². The average molecular weight is 303 g/mol. The third-order valence-corrected chi connectivity index (χ3v) is 2.90. The summed E-state index contributed by atoms with van der Waals surface area (Å²) in [6.07, 6.45) is -4.85. The van der Waals surface area contributed by atoms with Crippen LogP contribution in [0.5, 0.6) is 0 Å². The Bertz CT molecular complexity index is 764. The van der Waals surface area contributed by atoms with Gasteiger partial charge in [0.1, 0.15) is 12.4 Å². The topological polar surface area (TPSA) is 48.3 Å². The van der Waals surface area contributed by atoms with Gasteiger partial charge in [0.15, 0.2) is 0 Å². The monoisotopic (exact) mass is 303 g/mol. The Morgan fingerprint density at radius 1 is 1.29 bits per heavy atom. The molecule has 1 heterocycles. The molecule has 2 rings (SSSR count). The van der Waals surface area contributed by atoms with E-state index in [2.05, 4.69) is 4.74 Å². The van der Waals surface area contributed by atoms with Crippen molar-refractivity contribution in [3.8, 4) is 0 Å². The quantitative estimate of drug-likeness (QED) is 0.632. The molecule has 2 aromatic rings. The van der Waals surface area contributed by atoms with Gasteiger partial charge in [0, 0.05) is 6.07 Å². The van der Waals surface area contributed by atoms with Gasteiger partial charge >= 0.3 is 12.1 Å². The number of carbonyl (C=O) groups excluding carboxylic acids is 1. The first-order chi connectivity index (χ1) is 9.74. The number of pyridine rings is 1. The van der Waals surface area contributed by atoms with Gasteiger partial charge in [0.25, 0.3) is 5.56 Å². The zero-order valence-electron chi connectivity index (χ0n) is 10.7. The molecule has 0 N–H and O–H groups in total. The lowest BCUT2D eigenvalue weighted by Gasteiger charge is -2.12. The minimum absolute atomic E-state index is 0.00720. The number of alkyl halides is 3. The number of fused-ring (bicyclic) bond motifs is 1. The van der Waals surface area contributed by atoms with Gasteiger partial charge in [-0.2, -0.15) is 13.2 Å². The van der Waals surface area contributed by atoms with Crippen molar-refractivity contribution in [2.45, 2.75) is 12.7 Å². The predicted molar refractivity (Wildman–Crippen MR) is 65.2 cm³/mol. The smallest absolute Gasteiger partial charge is 0.419 e. The van der Waals surface area contributed by atoms with Crippen molar-refractivity contribution in [1.82, 2.24) is 4.57 Å². The summed E-state index contributed by atoms with van der Waals surface area (Å²) in [4.78, 5) is 22.9. The Balaban J connectivity index is 2.71. The fraction of sp³-hybridized carbons (Fsp3) is 0.231. The van der Waals surface area contributed by atoms with Crippen molar-refractivity contribution >= 4 is 16.9 Å². The zero-order chi connectivity index (χ0) is 15.8. The van der Waals surface area contributed by atoms with Gasteiger partial charge in [-0.15, -0.1) is 0 Å². The maximum Gasteiger partial charge on any atom is 0.419 e. The van der Waals surface area contributed by atoms with Gasteiger partial charge in [0.05, 0.1) is 18.2 Å². The maximum absolute atomic E-state index is 13.6. The second-order valence-corrected chi connectivity index (χ2v) is 4.22. The molecule has 0 aliphatic heterocycles. The third-order valence-electron chi connectivity index (χ3n) is 2.90. The van der Waals surface area contributed by atoms with Gasteiger partial charge in [-0.3, -0.25) is 14.2 Å². The Labute approximate surface area is 115 Å². The van der Waals surface area contributed by atoms with Crippen LogP contribution in [-0.4, -0.2) is 17.6 Å². The Hall–Kier alpha value is -2.38. The SMILES string of the molecule is COC(=O)Cn1c(=O)ccc2cc(C(F)(F)F)c(F)cc21. The van der Waals surface area contributed by atoms with Gasteiger partial charge in [-0.1, -0.05) is 0 Å². The molecule has 1 aromatic carbocycles. The zero-order valence-corrected chi connectivity index (χ0v) is 10.7. The fourth-order valence-corrected chi connectivity index (χ4v) is 1.89. The summed E-state index contributed by atoms with van der Waals surface area (Å²) in [5.41, 5.74) is -2.19. The average Bonchev–Trinajstić information content (AvgIpc) is 2.40. The first-order valence-electron chi connectivity index (χ1n) is 5.71. The number of rotatable bonds is 2. The lowest BCUT2D eigenvalue weighted by Crippen LogP contribution is -2.24. The molecule has 0 aliphatic rings. The summed E-state index contributed by atoms with van der Waals surface area (Å²) < 4.78 is 56.8. The fourth-order valence-electron chi connectivity index (χ4n) is 1.89. The molecule has 112 valence electrons. The van der Waals surface area contributed by atoms with Crippen LogP contribution >= 0.6 is 0 Å². The van der Waals surface area contributed by atoms with Crippen LogP contribution in [0.1, 0.15) is 5.56 Å². The highest BCUT2D eigenvalue weighted by atomic mass is 19.4. The number of methoxy groups -OCH3 is 1. The van der Waals surface area contributed by atoms with Crippen molar-refractivity contribution in [1.29, 1.82) is 0 Å². The van der Waals surface area contributed by atoms with Crippen LogP contribution in [0.25, 0.3) is 10.9 Å². The van der Waals surface area contributed by atoms with Crippen molar-refractivity contribution in [3.05, 3.63) is 46.0 Å². The molecule has 0 saturated heterocycles. The van der Waals surface area contributed by atoms with E-state index in [1.807, 2.05) is 0 Å². The molecule has 0 spiro atoms. The number of hydrogen-bond acceptors (Lipinski definition) is 3. The van der Waals surface area contributed by atoms with E-state index in [1.54, 1.807) is 0 Å². The highest BCUT2D eigenvalue weighted by Gasteiger charge is 2.34. The summed E-state index contributed by atoms with van der Waals surface area (Å²) in [6.45, 7) is -0.516. The molecule has 0 saturated carbocycles. The minimum atomic E-state index is -4.85. The van der Waals surface area contributed by atoms with Crippen LogP contribution in [-0.2, 0) is 22.3 Å². The van der Waals surface area contributed by atoms with Crippen LogP contribution in [0.2, 0.25) is 0 Å². The van der Waals surface area contributed by atoms with E-state index in [0.29, 0.717) is 12.1 Å². The number of benzene rings is 1. The Kier molecular flexibility index (Phi) is 3.71. The van der Waals surface area contributed by atoms with E-state index in [-0.39, 0.29) is 10.9 Å². The van der Waals surface area contributed by atoms with Gasteiger partial charge in [-0.05, 0) is 23.6 Å². The normalized spacial score (nSPS) is 11.7. The molecule has 0 fully saturated rings. The van der Waals surface area contributed by atoms with E-state index < -0.39 is 35.6 Å². The van der Waals surface area contributed by atoms with E-state index in [9.17, 15) is 27.2 Å². The number of halogens is 4. The summed E-state index contributed by atoms with van der Waals surface area (Å²) in [5.74, 6) is -2.29. The molecule has 0 atom stereocenters. The van der Waals surface area contributed by atoms with Gasteiger partial charge < -0.3 is 4.74 Å². The molecule has 0 unspecified atom stereocenters. The second kappa shape index (κ2) is 5.19. The van der Waals surface area contributed by atoms with Crippen LogP contribution in [0.15, 0.2) is 29.1 Å². The third kappa shape index (κ3) is 2.88. The van der Waals surface area contributed by atoms with Crippen molar-refractivity contribution in [2.24, 2.45) is 0 Å². The highest BCUT2D eigenvalue weighted by molar-refractivity contribution is 5.81. The van der Waals surface area contributed by atoms with Crippen molar-refractivity contribution in [2.75, 3.05) is 7.11 Å². The number of aromatic nitrogens is 1. The molecule has 0 amide bonds. The summed E-state index contributed by atoms with van der Waals surface area (Å²) in [7, 11) is 1.10. The number of ether oxygens (including phenoxy) is 1. The standard InChI is InChI=1S/C13H9F4NO3/c1-21-12(20)6-18-10-5-9(14)8(13(15,16)17)4-7(10)2-3-11(18)19/h2-5H,6H2,1H3. The number of nitrogens with zero attached hydrogens (tertiary/aromatic N) is 1. The van der Waals surface area contributed by atoms with E-state index in [1.165, 1.54) is 0 Å². The Morgan fingerprint density at radius 3 is 2.52 bits per heavy atom. The largest absolute Gasteiger partial charge is 0.468 e. The molecule has 0 radical (unpaired) electrons. The first-order valence-corrected chi connectivity index (χ1v) is 5.71. The van der Waals surface area contributed by atoms with Crippen molar-refractivity contribution < 1.29 is 27.1 Å². The molecule has 1 aromatic heterocycles. The lowest BCUT2D eigenvalue weighted by molar-refractivity contribution is -0.141. The predicted octanol–water partition coefficient (Wildman–Crippen LogP) is 2.33. The van der Waals surface area contributed by atoms with Crippen LogP contribution < -0.4 is 5.56 Å². The molecule has 4 nitrogen and oxygen atoms in total. The lowest BCUT2D eigenvalue weighted by atomic mass is 10.1. The van der Waals surface area contributed by atoms with Crippen LogP contribution in [0.3, 0.4) is 0 Å². The number of hydrogen-bond donors (Lipinski definition) is 0. The summed E-state index contributed by atoms with van der Waals surface area (Å²) >= 11 is 0. The van der Waals surface area contributed by atoms with Gasteiger partial charge in [0.2, 0.25) is 0 Å². The minimum Gasteiger partial charge on any atom is -0.468 e. The first kappa shape index (κ1) is 15.0. The molecule has 21 heavy (non-hydrogen) atoms. The van der Waals surface area contributed by atoms with Crippen molar-refractivity contribution in [3.63, 3.8) is 0 Å². The molecular formula is C13H9F4NO3. The molecule has 0 aliphatic carbocycles. The molecule has 8 heteroatoms. The summed E-state index contributed by atoms with van der Waals surface area (Å²) in [5, 5.41) is -0.00720. The van der Waals surface area contributed by atoms with Crippen LogP contribution in [0.4, 0.5) is 17.6 Å². The van der Waals surface area contributed by atoms with E-state index in [4.69, 9.17) is 0 Å². The number of esters is 1. The Morgan fingerprint density at radius 2 is 1.95 bits per heavy atom. The highest BCUT2D eigenvalue weighted by Crippen LogP contribution is 2.33. The number of carbonyl (C=O) groups is 1. The molecule has 0 bridgehead atoms. The molecular weight excluding hydrogens is 294 g/mol. The van der Waals surface area contributed by atoms with E-state index in [0.717, 1.165) is 23.8 Å².